The first-order chi connectivity index (χ1) is 3.25. The molecular formula is C4H9Cl3N+. The van der Waals surface area contributed by atoms with Crippen LogP contribution >= 0.6 is 34.8 Å². The maximum atomic E-state index is 5.51. The molecule has 0 saturated carbocycles. The number of alkyl halides is 3. The second kappa shape index (κ2) is 2.22. The van der Waals surface area contributed by atoms with Crippen molar-refractivity contribution in [3.63, 3.8) is 0 Å². The highest BCUT2D eigenvalue weighted by Crippen LogP contribution is 2.32. The molecule has 0 aliphatic rings. The summed E-state index contributed by atoms with van der Waals surface area (Å²) in [7, 11) is 5.44. The maximum Gasteiger partial charge on any atom is 0.329 e. The lowest BCUT2D eigenvalue weighted by molar-refractivity contribution is -0.880. The van der Waals surface area contributed by atoms with E-state index >= 15 is 0 Å². The molecule has 0 aliphatic carbocycles. The predicted molar refractivity (Wildman–Crippen MR) is 38.3 cm³/mol. The summed E-state index contributed by atoms with van der Waals surface area (Å²) in [6.07, 6.45) is 0. The Bertz CT molecular complexity index is 66.3. The minimum Gasteiger partial charge on any atom is -0.286 e. The lowest BCUT2D eigenvalue weighted by atomic mass is 10.8. The molecule has 1 nitrogen and oxygen atoms in total. The zero-order valence-corrected chi connectivity index (χ0v) is 7.35. The topological polar surface area (TPSA) is 0 Å². The largest absolute Gasteiger partial charge is 0.329 e. The molecule has 0 radical (unpaired) electrons. The van der Waals surface area contributed by atoms with Crippen LogP contribution in [0.5, 0.6) is 0 Å². The molecule has 0 aromatic carbocycles. The van der Waals surface area contributed by atoms with E-state index in [0.29, 0.717) is 4.48 Å². The van der Waals surface area contributed by atoms with Crippen molar-refractivity contribution in [2.75, 3.05) is 21.1 Å². The lowest BCUT2D eigenvalue weighted by Gasteiger charge is -2.30. The molecule has 0 rings (SSSR count). The van der Waals surface area contributed by atoms with Crippen molar-refractivity contribution >= 4 is 34.8 Å². The van der Waals surface area contributed by atoms with Gasteiger partial charge in [-0.25, -0.2) is 0 Å². The van der Waals surface area contributed by atoms with Gasteiger partial charge >= 0.3 is 3.92 Å². The smallest absolute Gasteiger partial charge is 0.286 e. The molecule has 4 heteroatoms. The van der Waals surface area contributed by atoms with Gasteiger partial charge in [-0.2, -0.15) is 0 Å². The van der Waals surface area contributed by atoms with E-state index in [1.165, 1.54) is 0 Å². The fraction of sp³-hybridized carbons (Fsp3) is 1.00. The van der Waals surface area contributed by atoms with Gasteiger partial charge in [-0.05, 0) is 34.8 Å². The van der Waals surface area contributed by atoms with E-state index in [1.807, 2.05) is 21.1 Å². The van der Waals surface area contributed by atoms with Crippen LogP contribution in [0.3, 0.4) is 0 Å². The summed E-state index contributed by atoms with van der Waals surface area (Å²) in [4.78, 5) is 0. The Hall–Kier alpha value is 0.830. The molecule has 0 aromatic heterocycles. The van der Waals surface area contributed by atoms with E-state index in [0.717, 1.165) is 0 Å². The standard InChI is InChI=1S/C4H9Cl3N/c1-8(2,3)4(5,6)7/h1-3H3/q+1. The van der Waals surface area contributed by atoms with E-state index in [2.05, 4.69) is 0 Å². The normalized spacial score (nSPS) is 14.2. The van der Waals surface area contributed by atoms with Crippen LogP contribution in [0.15, 0.2) is 0 Å². The van der Waals surface area contributed by atoms with Gasteiger partial charge in [-0.1, -0.05) is 0 Å². The van der Waals surface area contributed by atoms with E-state index in [1.54, 1.807) is 0 Å². The van der Waals surface area contributed by atoms with Crippen molar-refractivity contribution in [3.8, 4) is 0 Å². The molecule has 0 amide bonds. The van der Waals surface area contributed by atoms with Crippen molar-refractivity contribution in [2.45, 2.75) is 3.92 Å². The third-order valence-corrected chi connectivity index (χ3v) is 2.28. The average molecular weight is 177 g/mol. The van der Waals surface area contributed by atoms with E-state index in [9.17, 15) is 0 Å². The van der Waals surface area contributed by atoms with Crippen molar-refractivity contribution in [3.05, 3.63) is 0 Å². The van der Waals surface area contributed by atoms with Crippen molar-refractivity contribution < 1.29 is 4.48 Å². The quantitative estimate of drug-likeness (QED) is 0.302. The fourth-order valence-corrected chi connectivity index (χ4v) is 0. The van der Waals surface area contributed by atoms with Gasteiger partial charge in [-0.3, -0.25) is 4.48 Å². The van der Waals surface area contributed by atoms with Crippen LogP contribution in [-0.2, 0) is 0 Å². The van der Waals surface area contributed by atoms with Crippen LogP contribution < -0.4 is 0 Å². The third-order valence-electron chi connectivity index (χ3n) is 0.761. The van der Waals surface area contributed by atoms with Gasteiger partial charge in [-0.15, -0.1) is 0 Å². The number of rotatable bonds is 0. The Kier molecular flexibility index (Phi) is 2.45. The Morgan fingerprint density at radius 2 is 1.12 bits per heavy atom. The summed E-state index contributed by atoms with van der Waals surface area (Å²) in [5.74, 6) is 0. The maximum absolute atomic E-state index is 5.51. The van der Waals surface area contributed by atoms with Crippen LogP contribution in [0.25, 0.3) is 0 Å². The third kappa shape index (κ3) is 2.40. The molecule has 0 fully saturated rings. The van der Waals surface area contributed by atoms with Crippen LogP contribution in [0, 0.1) is 0 Å². The molecule has 0 heterocycles. The first-order valence-electron chi connectivity index (χ1n) is 2.13. The second-order valence-electron chi connectivity index (χ2n) is 2.48. The Morgan fingerprint density at radius 1 is 1.00 bits per heavy atom. The van der Waals surface area contributed by atoms with E-state index < -0.39 is 3.92 Å². The zero-order valence-electron chi connectivity index (χ0n) is 5.08. The monoisotopic (exact) mass is 176 g/mol. The van der Waals surface area contributed by atoms with Gasteiger partial charge in [0.1, 0.15) is 0 Å². The highest BCUT2D eigenvalue weighted by atomic mass is 35.6. The first kappa shape index (κ1) is 8.83. The van der Waals surface area contributed by atoms with Crippen molar-refractivity contribution in [2.24, 2.45) is 0 Å². The molecule has 0 atom stereocenters. The first-order valence-corrected chi connectivity index (χ1v) is 3.27. The van der Waals surface area contributed by atoms with Crippen LogP contribution in [0.4, 0.5) is 0 Å². The van der Waals surface area contributed by atoms with E-state index in [-0.39, 0.29) is 0 Å². The van der Waals surface area contributed by atoms with Crippen molar-refractivity contribution in [1.82, 2.24) is 0 Å². The van der Waals surface area contributed by atoms with Gasteiger partial charge in [0.2, 0.25) is 0 Å². The van der Waals surface area contributed by atoms with Gasteiger partial charge < -0.3 is 0 Å². The predicted octanol–water partition coefficient (Wildman–Crippen LogP) is 2.02. The lowest BCUT2D eigenvalue weighted by Crippen LogP contribution is -2.45. The molecule has 8 heavy (non-hydrogen) atoms. The number of hydrogen-bond acceptors (Lipinski definition) is 0. The number of hydrogen-bond donors (Lipinski definition) is 0. The average Bonchev–Trinajstić information content (AvgIpc) is 1.25. The molecular weight excluding hydrogens is 168 g/mol. The highest BCUT2D eigenvalue weighted by molar-refractivity contribution is 6.66. The second-order valence-corrected chi connectivity index (χ2v) is 4.70. The number of quaternary nitrogens is 1. The fourth-order valence-electron chi connectivity index (χ4n) is 0. The molecule has 0 aliphatic heterocycles. The summed E-state index contributed by atoms with van der Waals surface area (Å²) in [6.45, 7) is 0. The van der Waals surface area contributed by atoms with Gasteiger partial charge in [0, 0.05) is 0 Å². The number of nitrogens with zero attached hydrogens (tertiary/aromatic N) is 1. The highest BCUT2D eigenvalue weighted by Gasteiger charge is 2.35. The SMILES string of the molecule is C[N+](C)(C)C(Cl)(Cl)Cl. The minimum absolute atomic E-state index is 0.317. The van der Waals surface area contributed by atoms with E-state index in [4.69, 9.17) is 34.8 Å². The molecule has 0 bridgehead atoms. The molecule has 0 unspecified atom stereocenters. The molecule has 0 saturated heterocycles. The molecule has 0 aromatic rings. The summed E-state index contributed by atoms with van der Waals surface area (Å²) >= 11 is 16.5. The minimum atomic E-state index is -1.21. The summed E-state index contributed by atoms with van der Waals surface area (Å²) < 4.78 is -0.891. The van der Waals surface area contributed by atoms with Crippen LogP contribution in [0.2, 0.25) is 0 Å². The van der Waals surface area contributed by atoms with Gasteiger partial charge in [0.25, 0.3) is 0 Å². The number of halogens is 3. The van der Waals surface area contributed by atoms with Gasteiger partial charge in [0.05, 0.1) is 21.1 Å². The summed E-state index contributed by atoms with van der Waals surface area (Å²) in [5, 5.41) is 0. The molecule has 50 valence electrons. The summed E-state index contributed by atoms with van der Waals surface area (Å²) in [5.41, 5.74) is 0. The Balaban J connectivity index is 4.02. The molecule has 0 spiro atoms. The Morgan fingerprint density at radius 3 is 1.12 bits per heavy atom. The Labute approximate surface area is 64.7 Å². The van der Waals surface area contributed by atoms with Crippen LogP contribution in [0.1, 0.15) is 0 Å². The molecule has 0 N–H and O–H groups in total. The zero-order chi connectivity index (χ0) is 7.00. The van der Waals surface area contributed by atoms with Crippen molar-refractivity contribution in [1.29, 1.82) is 0 Å². The van der Waals surface area contributed by atoms with Gasteiger partial charge in [0.15, 0.2) is 0 Å². The van der Waals surface area contributed by atoms with Crippen LogP contribution in [-0.4, -0.2) is 29.5 Å². The summed E-state index contributed by atoms with van der Waals surface area (Å²) in [6, 6.07) is 0.